The van der Waals surface area contributed by atoms with Crippen molar-refractivity contribution in [1.82, 2.24) is 0 Å². The van der Waals surface area contributed by atoms with Crippen LogP contribution in [0.2, 0.25) is 0 Å². The Morgan fingerprint density at radius 1 is 1.11 bits per heavy atom. The van der Waals surface area contributed by atoms with Crippen LogP contribution in [0.5, 0.6) is 0 Å². The van der Waals surface area contributed by atoms with E-state index in [0.717, 1.165) is 12.0 Å². The molecule has 1 atom stereocenters. The second-order valence-corrected chi connectivity index (χ2v) is 7.88. The zero-order valence-electron chi connectivity index (χ0n) is 16.2. The molecule has 5 nitrogen and oxygen atoms in total. The summed E-state index contributed by atoms with van der Waals surface area (Å²) in [5, 5.41) is 0. The highest BCUT2D eigenvalue weighted by molar-refractivity contribution is 6.26. The molecule has 3 amide bonds. The molecular formula is C22H25N2O3+. The van der Waals surface area contributed by atoms with E-state index in [1.54, 1.807) is 36.4 Å². The molecule has 3 rings (SSSR count). The van der Waals surface area contributed by atoms with Crippen LogP contribution in [0.15, 0.2) is 48.6 Å². The Bertz CT molecular complexity index is 883. The summed E-state index contributed by atoms with van der Waals surface area (Å²) in [7, 11) is 0. The fourth-order valence-electron chi connectivity index (χ4n) is 3.12. The lowest BCUT2D eigenvalue weighted by Gasteiger charge is -2.27. The molecular weight excluding hydrogens is 340 g/mol. The topological polar surface area (TPSA) is 57.5 Å². The van der Waals surface area contributed by atoms with E-state index in [4.69, 9.17) is 0 Å². The molecule has 140 valence electrons. The van der Waals surface area contributed by atoms with Crippen LogP contribution in [0.3, 0.4) is 0 Å². The van der Waals surface area contributed by atoms with Crippen molar-refractivity contribution in [3.8, 4) is 0 Å². The number of ketones is 1. The van der Waals surface area contributed by atoms with Gasteiger partial charge in [0.1, 0.15) is 17.3 Å². The molecule has 5 heteroatoms. The molecule has 0 radical (unpaired) electrons. The quantitative estimate of drug-likeness (QED) is 0.767. The van der Waals surface area contributed by atoms with Crippen molar-refractivity contribution < 1.29 is 19.0 Å². The van der Waals surface area contributed by atoms with E-state index in [-0.39, 0.29) is 18.2 Å². The number of urea groups is 1. The van der Waals surface area contributed by atoms with Crippen molar-refractivity contribution in [2.24, 2.45) is 11.3 Å². The van der Waals surface area contributed by atoms with Gasteiger partial charge in [-0.25, -0.2) is 4.79 Å². The SMILES string of the molecule is CCc1ccc(N2C(=O)C3C=CC=CC3=[N+](CC(=O)C(C)(C)C)C2=O)cc1. The van der Waals surface area contributed by atoms with Gasteiger partial charge in [-0.15, -0.1) is 4.90 Å². The number of nitrogens with zero attached hydrogens (tertiary/aromatic N) is 2. The number of allylic oxidation sites excluding steroid dienone is 3. The van der Waals surface area contributed by atoms with Crippen molar-refractivity contribution >= 4 is 29.1 Å². The first kappa shape index (κ1) is 19.0. The van der Waals surface area contributed by atoms with Crippen molar-refractivity contribution in [2.75, 3.05) is 11.4 Å². The number of carbonyl (C=O) groups is 3. The third-order valence-electron chi connectivity index (χ3n) is 4.96. The minimum absolute atomic E-state index is 0.0524. The van der Waals surface area contributed by atoms with Crippen LogP contribution < -0.4 is 4.90 Å². The van der Waals surface area contributed by atoms with Gasteiger partial charge < -0.3 is 0 Å². The normalized spacial score (nSPS) is 19.6. The number of rotatable bonds is 4. The predicted molar refractivity (Wildman–Crippen MR) is 105 cm³/mol. The van der Waals surface area contributed by atoms with Gasteiger partial charge >= 0.3 is 11.9 Å². The minimum Gasteiger partial charge on any atom is -0.295 e. The molecule has 0 saturated carbocycles. The van der Waals surface area contributed by atoms with E-state index >= 15 is 0 Å². The maximum Gasteiger partial charge on any atom is 0.506 e. The molecule has 1 aliphatic heterocycles. The highest BCUT2D eigenvalue weighted by Crippen LogP contribution is 2.26. The summed E-state index contributed by atoms with van der Waals surface area (Å²) in [5.74, 6) is -0.911. The maximum atomic E-state index is 13.2. The number of Topliss-reactive ketones (excluding diaryl/α,β-unsaturated/α-hetero) is 1. The highest BCUT2D eigenvalue weighted by atomic mass is 16.2. The minimum atomic E-state index is -0.570. The molecule has 27 heavy (non-hydrogen) atoms. The zero-order chi connectivity index (χ0) is 19.8. The monoisotopic (exact) mass is 365 g/mol. The number of benzene rings is 1. The number of anilines is 1. The second-order valence-electron chi connectivity index (χ2n) is 7.88. The molecule has 1 heterocycles. The lowest BCUT2D eigenvalue weighted by Crippen LogP contribution is -2.56. The van der Waals surface area contributed by atoms with Crippen LogP contribution in [0.4, 0.5) is 10.5 Å². The average Bonchev–Trinajstić information content (AvgIpc) is 2.65. The van der Waals surface area contributed by atoms with Crippen LogP contribution in [0.25, 0.3) is 0 Å². The van der Waals surface area contributed by atoms with Gasteiger partial charge in [0, 0.05) is 5.41 Å². The van der Waals surface area contributed by atoms with E-state index in [0.29, 0.717) is 11.4 Å². The van der Waals surface area contributed by atoms with Gasteiger partial charge in [0.25, 0.3) is 0 Å². The summed E-state index contributed by atoms with van der Waals surface area (Å²) in [6.45, 7) is 7.48. The first-order chi connectivity index (χ1) is 12.7. The number of hydrogen-bond acceptors (Lipinski definition) is 3. The van der Waals surface area contributed by atoms with Gasteiger partial charge in [0.05, 0.1) is 0 Å². The highest BCUT2D eigenvalue weighted by Gasteiger charge is 2.48. The Morgan fingerprint density at radius 2 is 1.78 bits per heavy atom. The van der Waals surface area contributed by atoms with Gasteiger partial charge in [-0.3, -0.25) is 4.79 Å². The van der Waals surface area contributed by atoms with Crippen LogP contribution >= 0.6 is 0 Å². The number of aryl methyl sites for hydroxylation is 1. The number of amides is 3. The third kappa shape index (κ3) is 3.54. The number of imide groups is 1. The molecule has 0 fully saturated rings. The lowest BCUT2D eigenvalue weighted by molar-refractivity contribution is -0.417. The van der Waals surface area contributed by atoms with E-state index < -0.39 is 17.4 Å². The van der Waals surface area contributed by atoms with Crippen molar-refractivity contribution in [3.05, 3.63) is 54.1 Å². The van der Waals surface area contributed by atoms with E-state index in [1.165, 1.54) is 9.48 Å². The van der Waals surface area contributed by atoms with Gasteiger partial charge in [-0.05, 0) is 30.2 Å². The van der Waals surface area contributed by atoms with E-state index in [1.807, 2.05) is 39.8 Å². The fraction of sp³-hybridized carbons (Fsp3) is 0.364. The molecule has 0 N–H and O–H groups in total. The standard InChI is InChI=1S/C22H25N2O3/c1-5-15-10-12-16(13-11-15)24-20(26)17-8-6-7-9-18(17)23(21(24)27)14-19(25)22(2,3)4/h6-13,17H,5,14H2,1-4H3/q+1. The summed E-state index contributed by atoms with van der Waals surface area (Å²) in [6.07, 6.45) is 7.97. The lowest BCUT2D eigenvalue weighted by atomic mass is 9.89. The summed E-state index contributed by atoms with van der Waals surface area (Å²) in [6, 6.07) is 6.91. The van der Waals surface area contributed by atoms with E-state index in [9.17, 15) is 14.4 Å². The van der Waals surface area contributed by atoms with Gasteiger partial charge in [0.15, 0.2) is 12.3 Å². The summed E-state index contributed by atoms with van der Waals surface area (Å²) in [5.41, 5.74) is 1.65. The van der Waals surface area contributed by atoms with Crippen LogP contribution in [-0.4, -0.2) is 34.6 Å². The smallest absolute Gasteiger partial charge is 0.295 e. The number of hydrogen-bond donors (Lipinski definition) is 0. The summed E-state index contributed by atoms with van der Waals surface area (Å²) >= 11 is 0. The fourth-order valence-corrected chi connectivity index (χ4v) is 3.12. The first-order valence-electron chi connectivity index (χ1n) is 9.23. The molecule has 1 aromatic carbocycles. The van der Waals surface area contributed by atoms with Gasteiger partial charge in [0.2, 0.25) is 0 Å². The summed E-state index contributed by atoms with van der Waals surface area (Å²) in [4.78, 5) is 40.0. The average molecular weight is 365 g/mol. The third-order valence-corrected chi connectivity index (χ3v) is 4.96. The Labute approximate surface area is 159 Å². The summed E-state index contributed by atoms with van der Waals surface area (Å²) < 4.78 is 1.44. The largest absolute Gasteiger partial charge is 0.506 e. The van der Waals surface area contributed by atoms with Crippen molar-refractivity contribution in [2.45, 2.75) is 34.1 Å². The molecule has 0 bridgehead atoms. The molecule has 0 saturated heterocycles. The van der Waals surface area contributed by atoms with Gasteiger partial charge in [-0.2, -0.15) is 9.37 Å². The van der Waals surface area contributed by atoms with Crippen molar-refractivity contribution in [3.63, 3.8) is 0 Å². The molecule has 0 aromatic heterocycles. The molecule has 1 aliphatic carbocycles. The Kier molecular flexibility index (Phi) is 4.96. The maximum absolute atomic E-state index is 13.2. The molecule has 0 spiro atoms. The molecule has 1 aromatic rings. The van der Waals surface area contributed by atoms with Crippen molar-refractivity contribution in [1.29, 1.82) is 0 Å². The Hall–Kier alpha value is -2.82. The number of carbonyl (C=O) groups excluding carboxylic acids is 3. The van der Waals surface area contributed by atoms with Crippen LogP contribution in [0.1, 0.15) is 33.3 Å². The molecule has 2 aliphatic rings. The van der Waals surface area contributed by atoms with Crippen LogP contribution in [0, 0.1) is 11.3 Å². The van der Waals surface area contributed by atoms with Gasteiger partial charge in [-0.1, -0.05) is 58.1 Å². The first-order valence-corrected chi connectivity index (χ1v) is 9.23. The second kappa shape index (κ2) is 7.06. The van der Waals surface area contributed by atoms with Crippen LogP contribution in [-0.2, 0) is 16.0 Å². The number of fused-ring (bicyclic) bond motifs is 1. The predicted octanol–water partition coefficient (Wildman–Crippen LogP) is 3.53. The Balaban J connectivity index is 2.06. The van der Waals surface area contributed by atoms with E-state index in [2.05, 4.69) is 0 Å². The Morgan fingerprint density at radius 3 is 2.37 bits per heavy atom. The molecule has 1 unspecified atom stereocenters. The zero-order valence-corrected chi connectivity index (χ0v) is 16.2.